The predicted molar refractivity (Wildman–Crippen MR) is 107 cm³/mol. The highest BCUT2D eigenvalue weighted by Gasteiger charge is 2.11. The largest absolute Gasteiger partial charge is 0.324 e. The van der Waals surface area contributed by atoms with E-state index in [1.165, 1.54) is 18.5 Å². The van der Waals surface area contributed by atoms with E-state index in [2.05, 4.69) is 25.5 Å². The lowest BCUT2D eigenvalue weighted by atomic mass is 10.1. The molecule has 0 aliphatic carbocycles. The summed E-state index contributed by atoms with van der Waals surface area (Å²) < 4.78 is 14.0. The molecule has 2 heterocycles. The highest BCUT2D eigenvalue weighted by Crippen LogP contribution is 2.23. The fourth-order valence-electron chi connectivity index (χ4n) is 2.83. The van der Waals surface area contributed by atoms with Crippen LogP contribution in [0.15, 0.2) is 67.0 Å². The van der Waals surface area contributed by atoms with Crippen LogP contribution in [0.2, 0.25) is 0 Å². The Balaban J connectivity index is 1.51. The number of halogens is 1. The number of nitrogens with zero attached hydrogens (tertiary/aromatic N) is 3. The van der Waals surface area contributed by atoms with Gasteiger partial charge in [-0.15, -0.1) is 0 Å². The molecule has 4 aromatic rings. The molecule has 7 nitrogen and oxygen atoms in total. The Labute approximate surface area is 165 Å². The molecule has 4 N–H and O–H groups in total. The maximum Gasteiger partial charge on any atom is 0.257 e. The molecule has 1 amide bonds. The molecule has 0 atom stereocenters. The Hall–Kier alpha value is -3.91. The van der Waals surface area contributed by atoms with E-state index in [1.807, 2.05) is 0 Å². The number of pyridine rings is 1. The van der Waals surface area contributed by atoms with Crippen LogP contribution in [0, 0.1) is 5.82 Å². The molecule has 0 bridgehead atoms. The van der Waals surface area contributed by atoms with E-state index in [1.54, 1.807) is 48.5 Å². The molecule has 0 aliphatic heterocycles. The van der Waals surface area contributed by atoms with Crippen LogP contribution in [0.25, 0.3) is 22.5 Å². The van der Waals surface area contributed by atoms with Gasteiger partial charge in [-0.3, -0.25) is 14.9 Å². The first-order valence-corrected chi connectivity index (χ1v) is 8.87. The van der Waals surface area contributed by atoms with E-state index < -0.39 is 0 Å². The number of carbonyl (C=O) groups is 1. The molecule has 144 valence electrons. The second-order valence-electron chi connectivity index (χ2n) is 6.28. The lowest BCUT2D eigenvalue weighted by Gasteiger charge is -2.08. The number of nitrogens with two attached hydrogens (primary N) is 1. The maximum absolute atomic E-state index is 14.0. The maximum atomic E-state index is 14.0. The van der Waals surface area contributed by atoms with E-state index in [4.69, 9.17) is 5.73 Å². The third-order valence-corrected chi connectivity index (χ3v) is 4.31. The highest BCUT2D eigenvalue weighted by atomic mass is 19.1. The van der Waals surface area contributed by atoms with Gasteiger partial charge in [0.05, 0.1) is 12.1 Å². The summed E-state index contributed by atoms with van der Waals surface area (Å²) in [4.78, 5) is 20.9. The molecule has 2 aromatic carbocycles. The van der Waals surface area contributed by atoms with Gasteiger partial charge in [-0.05, 0) is 36.4 Å². The van der Waals surface area contributed by atoms with Crippen molar-refractivity contribution in [2.24, 2.45) is 5.73 Å². The standard InChI is InChI=1S/C21H17FN6O/c22-18-4-2-1-3-17(18)14-9-15(12-24-11-14)21(29)25-16-7-5-13(6-8-16)20-26-19(10-23)27-28-20/h1-9,11-12H,10,23H2,(H,25,29)(H,26,27,28). The van der Waals surface area contributed by atoms with E-state index in [9.17, 15) is 9.18 Å². The quantitative estimate of drug-likeness (QED) is 0.485. The number of aromatic nitrogens is 4. The SMILES string of the molecule is NCc1nc(-c2ccc(NC(=O)c3cncc(-c4ccccc4F)c3)cc2)n[nH]1. The van der Waals surface area contributed by atoms with Crippen LogP contribution >= 0.6 is 0 Å². The van der Waals surface area contributed by atoms with Crippen molar-refractivity contribution < 1.29 is 9.18 Å². The molecule has 4 rings (SSSR count). The van der Waals surface area contributed by atoms with Gasteiger partial charge in [-0.2, -0.15) is 5.10 Å². The molecule has 0 saturated heterocycles. The van der Waals surface area contributed by atoms with Crippen molar-refractivity contribution in [3.05, 3.63) is 84.2 Å². The summed E-state index contributed by atoms with van der Waals surface area (Å²) >= 11 is 0. The van der Waals surface area contributed by atoms with Gasteiger partial charge in [0.15, 0.2) is 5.82 Å². The number of H-pyrrole nitrogens is 1. The van der Waals surface area contributed by atoms with E-state index >= 15 is 0 Å². The zero-order chi connectivity index (χ0) is 20.2. The number of amides is 1. The summed E-state index contributed by atoms with van der Waals surface area (Å²) in [7, 11) is 0. The summed E-state index contributed by atoms with van der Waals surface area (Å²) in [6.45, 7) is 0.279. The first-order chi connectivity index (χ1) is 14.1. The van der Waals surface area contributed by atoms with Crippen molar-refractivity contribution in [1.82, 2.24) is 20.2 Å². The molecule has 29 heavy (non-hydrogen) atoms. The summed E-state index contributed by atoms with van der Waals surface area (Å²) in [5, 5.41) is 9.66. The predicted octanol–water partition coefficient (Wildman–Crippen LogP) is 3.38. The number of nitrogens with one attached hydrogen (secondary N) is 2. The second-order valence-corrected chi connectivity index (χ2v) is 6.28. The van der Waals surface area contributed by atoms with Crippen LogP contribution in [0.1, 0.15) is 16.2 Å². The zero-order valence-electron chi connectivity index (χ0n) is 15.3. The second kappa shape index (κ2) is 7.99. The molecule has 0 unspecified atom stereocenters. The lowest BCUT2D eigenvalue weighted by molar-refractivity contribution is 0.102. The Kier molecular flexibility index (Phi) is 5.08. The topological polar surface area (TPSA) is 110 Å². The third kappa shape index (κ3) is 4.02. The van der Waals surface area contributed by atoms with Crippen molar-refractivity contribution >= 4 is 11.6 Å². The molecule has 0 saturated carbocycles. The normalized spacial score (nSPS) is 10.7. The number of hydrogen-bond acceptors (Lipinski definition) is 5. The van der Waals surface area contributed by atoms with Crippen LogP contribution in [0.4, 0.5) is 10.1 Å². The van der Waals surface area contributed by atoms with Crippen LogP contribution in [0.5, 0.6) is 0 Å². The van der Waals surface area contributed by atoms with Crippen LogP contribution < -0.4 is 11.1 Å². The van der Waals surface area contributed by atoms with Gasteiger partial charge in [-0.25, -0.2) is 9.37 Å². The van der Waals surface area contributed by atoms with Crippen LogP contribution in [-0.2, 0) is 6.54 Å². The number of anilines is 1. The number of aromatic amines is 1. The fraction of sp³-hybridized carbons (Fsp3) is 0.0476. The number of carbonyl (C=O) groups excluding carboxylic acids is 1. The number of hydrogen-bond donors (Lipinski definition) is 3. The van der Waals surface area contributed by atoms with Crippen molar-refractivity contribution in [2.45, 2.75) is 6.54 Å². The first kappa shape index (κ1) is 18.5. The van der Waals surface area contributed by atoms with Crippen molar-refractivity contribution in [3.8, 4) is 22.5 Å². The van der Waals surface area contributed by atoms with Gasteiger partial charge in [0.1, 0.15) is 11.6 Å². The van der Waals surface area contributed by atoms with E-state index in [-0.39, 0.29) is 18.3 Å². The molecule has 0 spiro atoms. The van der Waals surface area contributed by atoms with E-state index in [0.717, 1.165) is 5.56 Å². The highest BCUT2D eigenvalue weighted by molar-refractivity contribution is 6.04. The van der Waals surface area contributed by atoms with Gasteiger partial charge >= 0.3 is 0 Å². The van der Waals surface area contributed by atoms with Gasteiger partial charge < -0.3 is 11.1 Å². The molecular formula is C21H17FN6O. The minimum absolute atomic E-state index is 0.279. The van der Waals surface area contributed by atoms with Gasteiger partial charge in [0.25, 0.3) is 5.91 Å². The van der Waals surface area contributed by atoms with Gasteiger partial charge in [0, 0.05) is 34.8 Å². The summed E-state index contributed by atoms with van der Waals surface area (Å²) in [6.07, 6.45) is 2.96. The molecular weight excluding hydrogens is 371 g/mol. The summed E-state index contributed by atoms with van der Waals surface area (Å²) in [5.74, 6) is 0.420. The fourth-order valence-corrected chi connectivity index (χ4v) is 2.83. The Morgan fingerprint density at radius 2 is 1.86 bits per heavy atom. The zero-order valence-corrected chi connectivity index (χ0v) is 15.3. The van der Waals surface area contributed by atoms with Crippen molar-refractivity contribution in [1.29, 1.82) is 0 Å². The molecule has 0 aliphatic rings. The molecule has 0 radical (unpaired) electrons. The Morgan fingerprint density at radius 1 is 1.07 bits per heavy atom. The van der Waals surface area contributed by atoms with Gasteiger partial charge in [0.2, 0.25) is 0 Å². The monoisotopic (exact) mass is 388 g/mol. The van der Waals surface area contributed by atoms with E-state index in [0.29, 0.717) is 34.0 Å². The smallest absolute Gasteiger partial charge is 0.257 e. The average molecular weight is 388 g/mol. The minimum atomic E-state index is -0.368. The number of benzene rings is 2. The summed E-state index contributed by atoms with van der Waals surface area (Å²) in [6, 6.07) is 15.1. The third-order valence-electron chi connectivity index (χ3n) is 4.31. The molecule has 0 fully saturated rings. The van der Waals surface area contributed by atoms with Crippen LogP contribution in [0.3, 0.4) is 0 Å². The van der Waals surface area contributed by atoms with Crippen LogP contribution in [-0.4, -0.2) is 26.1 Å². The van der Waals surface area contributed by atoms with Crippen molar-refractivity contribution in [2.75, 3.05) is 5.32 Å². The minimum Gasteiger partial charge on any atom is -0.324 e. The van der Waals surface area contributed by atoms with Crippen molar-refractivity contribution in [3.63, 3.8) is 0 Å². The molecule has 2 aromatic heterocycles. The number of rotatable bonds is 5. The lowest BCUT2D eigenvalue weighted by Crippen LogP contribution is -2.12. The van der Waals surface area contributed by atoms with Gasteiger partial charge in [-0.1, -0.05) is 18.2 Å². The average Bonchev–Trinajstić information content (AvgIpc) is 3.24. The summed E-state index contributed by atoms with van der Waals surface area (Å²) in [5.41, 5.74) is 8.17. The Morgan fingerprint density at radius 3 is 2.59 bits per heavy atom. The first-order valence-electron chi connectivity index (χ1n) is 8.87. The molecule has 8 heteroatoms. The Bertz CT molecular complexity index is 1160.